The molecule has 1 aliphatic rings. The first-order valence-electron chi connectivity index (χ1n) is 4.63. The molecule has 1 rings (SSSR count). The molecule has 0 bridgehead atoms. The summed E-state index contributed by atoms with van der Waals surface area (Å²) in [5.41, 5.74) is 0. The number of hydrogen-bond acceptors (Lipinski definition) is 0. The molecule has 59 valence electrons. The van der Waals surface area contributed by atoms with Crippen LogP contribution in [-0.4, -0.2) is 13.1 Å². The average molecular weight is 140 g/mol. The molecule has 1 heteroatoms. The molecule has 0 N–H and O–H groups in total. The maximum atomic E-state index is 4.43. The SMILES string of the molecule is C1CCCC[N]CCCC1. The molecular formula is C9H18N. The van der Waals surface area contributed by atoms with Crippen LogP contribution in [0.15, 0.2) is 0 Å². The molecule has 0 spiro atoms. The van der Waals surface area contributed by atoms with Gasteiger partial charge in [0.15, 0.2) is 0 Å². The quantitative estimate of drug-likeness (QED) is 0.490. The summed E-state index contributed by atoms with van der Waals surface area (Å²) in [4.78, 5) is 0. The number of nitrogens with zero attached hydrogens (tertiary/aromatic N) is 1. The fourth-order valence-corrected chi connectivity index (χ4v) is 1.44. The van der Waals surface area contributed by atoms with Gasteiger partial charge in [-0.3, -0.25) is 0 Å². The molecule has 0 atom stereocenters. The zero-order valence-electron chi connectivity index (χ0n) is 6.81. The van der Waals surface area contributed by atoms with Crippen molar-refractivity contribution in [2.75, 3.05) is 13.1 Å². The summed E-state index contributed by atoms with van der Waals surface area (Å²) in [5, 5.41) is 4.43. The lowest BCUT2D eigenvalue weighted by molar-refractivity contribution is 0.508. The lowest BCUT2D eigenvalue weighted by atomic mass is 10.1. The van der Waals surface area contributed by atoms with Gasteiger partial charge in [-0.05, 0) is 12.8 Å². The van der Waals surface area contributed by atoms with Crippen LogP contribution in [0.2, 0.25) is 0 Å². The Balaban J connectivity index is 2.00. The van der Waals surface area contributed by atoms with Crippen LogP contribution in [0, 0.1) is 0 Å². The van der Waals surface area contributed by atoms with Gasteiger partial charge in [0.1, 0.15) is 0 Å². The Labute approximate surface area is 64.2 Å². The van der Waals surface area contributed by atoms with Crippen molar-refractivity contribution >= 4 is 0 Å². The highest BCUT2D eigenvalue weighted by Crippen LogP contribution is 2.08. The number of rotatable bonds is 0. The molecule has 0 saturated carbocycles. The van der Waals surface area contributed by atoms with Crippen LogP contribution in [0.4, 0.5) is 0 Å². The van der Waals surface area contributed by atoms with Gasteiger partial charge in [0.05, 0.1) is 0 Å². The molecule has 10 heavy (non-hydrogen) atoms. The second-order valence-electron chi connectivity index (χ2n) is 3.15. The smallest absolute Gasteiger partial charge is 0.0133 e. The first-order valence-corrected chi connectivity index (χ1v) is 4.63. The molecule has 1 nitrogen and oxygen atoms in total. The molecule has 0 amide bonds. The maximum absolute atomic E-state index is 4.43. The minimum atomic E-state index is 1.12. The van der Waals surface area contributed by atoms with Crippen LogP contribution in [0.1, 0.15) is 44.9 Å². The minimum absolute atomic E-state index is 1.12. The summed E-state index contributed by atoms with van der Waals surface area (Å²) < 4.78 is 0. The van der Waals surface area contributed by atoms with Crippen molar-refractivity contribution in [1.82, 2.24) is 5.32 Å². The molecule has 1 saturated heterocycles. The fourth-order valence-electron chi connectivity index (χ4n) is 1.44. The third kappa shape index (κ3) is 3.89. The molecular weight excluding hydrogens is 122 g/mol. The molecule has 0 aromatic heterocycles. The third-order valence-electron chi connectivity index (χ3n) is 2.13. The molecule has 0 aromatic rings. The monoisotopic (exact) mass is 140 g/mol. The van der Waals surface area contributed by atoms with Gasteiger partial charge in [-0.1, -0.05) is 32.1 Å². The summed E-state index contributed by atoms with van der Waals surface area (Å²) in [6, 6.07) is 0. The second kappa shape index (κ2) is 5.72. The highest BCUT2D eigenvalue weighted by atomic mass is 14.8. The van der Waals surface area contributed by atoms with Crippen molar-refractivity contribution in [2.45, 2.75) is 44.9 Å². The highest BCUT2D eigenvalue weighted by Gasteiger charge is 1.95. The largest absolute Gasteiger partial charge is 0.242 e. The van der Waals surface area contributed by atoms with E-state index in [1.54, 1.807) is 0 Å². The Bertz CT molecular complexity index is 37.9. The normalized spacial score (nSPS) is 24.0. The lowest BCUT2D eigenvalue weighted by Crippen LogP contribution is -2.09. The summed E-state index contributed by atoms with van der Waals surface area (Å²) in [7, 11) is 0. The molecule has 0 aliphatic carbocycles. The van der Waals surface area contributed by atoms with Crippen LogP contribution >= 0.6 is 0 Å². The van der Waals surface area contributed by atoms with Gasteiger partial charge >= 0.3 is 0 Å². The van der Waals surface area contributed by atoms with Crippen molar-refractivity contribution < 1.29 is 0 Å². The van der Waals surface area contributed by atoms with Gasteiger partial charge in [0.25, 0.3) is 0 Å². The van der Waals surface area contributed by atoms with E-state index in [9.17, 15) is 0 Å². The van der Waals surface area contributed by atoms with E-state index >= 15 is 0 Å². The van der Waals surface area contributed by atoms with Crippen LogP contribution in [0.3, 0.4) is 0 Å². The predicted molar refractivity (Wildman–Crippen MR) is 44.2 cm³/mol. The van der Waals surface area contributed by atoms with E-state index in [1.165, 1.54) is 44.9 Å². The lowest BCUT2D eigenvalue weighted by Gasteiger charge is -2.06. The summed E-state index contributed by atoms with van der Waals surface area (Å²) in [5.74, 6) is 0. The van der Waals surface area contributed by atoms with Crippen LogP contribution in [0.25, 0.3) is 0 Å². The maximum Gasteiger partial charge on any atom is 0.0133 e. The Morgan fingerprint density at radius 3 is 1.40 bits per heavy atom. The number of hydrogen-bond donors (Lipinski definition) is 0. The summed E-state index contributed by atoms with van der Waals surface area (Å²) in [6.45, 7) is 2.25. The fraction of sp³-hybridized carbons (Fsp3) is 1.00. The molecule has 0 unspecified atom stereocenters. The topological polar surface area (TPSA) is 14.1 Å². The molecule has 1 fully saturated rings. The summed E-state index contributed by atoms with van der Waals surface area (Å²) >= 11 is 0. The van der Waals surface area contributed by atoms with Crippen LogP contribution in [-0.2, 0) is 0 Å². The third-order valence-corrected chi connectivity index (χ3v) is 2.13. The van der Waals surface area contributed by atoms with E-state index in [-0.39, 0.29) is 0 Å². The Morgan fingerprint density at radius 1 is 0.500 bits per heavy atom. The van der Waals surface area contributed by atoms with E-state index in [0.717, 1.165) is 13.1 Å². The van der Waals surface area contributed by atoms with E-state index in [0.29, 0.717) is 0 Å². The second-order valence-corrected chi connectivity index (χ2v) is 3.15. The molecule has 1 aliphatic heterocycles. The highest BCUT2D eigenvalue weighted by molar-refractivity contribution is 4.53. The van der Waals surface area contributed by atoms with E-state index < -0.39 is 0 Å². The van der Waals surface area contributed by atoms with Crippen molar-refractivity contribution in [3.63, 3.8) is 0 Å². The van der Waals surface area contributed by atoms with Crippen molar-refractivity contribution in [3.05, 3.63) is 0 Å². The minimum Gasteiger partial charge on any atom is -0.242 e. The van der Waals surface area contributed by atoms with Crippen LogP contribution in [0.5, 0.6) is 0 Å². The molecule has 1 heterocycles. The Kier molecular flexibility index (Phi) is 4.61. The van der Waals surface area contributed by atoms with E-state index in [2.05, 4.69) is 5.32 Å². The van der Waals surface area contributed by atoms with Crippen molar-refractivity contribution in [2.24, 2.45) is 0 Å². The predicted octanol–water partition coefficient (Wildman–Crippen LogP) is 2.34. The van der Waals surface area contributed by atoms with E-state index in [1.807, 2.05) is 0 Å². The van der Waals surface area contributed by atoms with Gasteiger partial charge in [0, 0.05) is 13.1 Å². The molecule has 1 radical (unpaired) electrons. The molecule has 0 aromatic carbocycles. The van der Waals surface area contributed by atoms with Gasteiger partial charge in [-0.15, -0.1) is 0 Å². The average Bonchev–Trinajstić information content (AvgIpc) is 2.01. The Hall–Kier alpha value is -0.0400. The van der Waals surface area contributed by atoms with Crippen molar-refractivity contribution in [1.29, 1.82) is 0 Å². The first kappa shape index (κ1) is 8.06. The van der Waals surface area contributed by atoms with Gasteiger partial charge in [-0.25, -0.2) is 5.32 Å². The zero-order chi connectivity index (χ0) is 7.07. The first-order chi connectivity index (χ1) is 5.00. The zero-order valence-corrected chi connectivity index (χ0v) is 6.81. The standard InChI is InChI=1S/C9H18N/c1-2-4-6-8-10-9-7-5-3-1/h1-9H2. The van der Waals surface area contributed by atoms with Crippen molar-refractivity contribution in [3.8, 4) is 0 Å². The van der Waals surface area contributed by atoms with Gasteiger partial charge in [0.2, 0.25) is 0 Å². The van der Waals surface area contributed by atoms with Gasteiger partial charge < -0.3 is 0 Å². The van der Waals surface area contributed by atoms with E-state index in [4.69, 9.17) is 0 Å². The van der Waals surface area contributed by atoms with Crippen LogP contribution < -0.4 is 5.32 Å². The summed E-state index contributed by atoms with van der Waals surface area (Å²) in [6.07, 6.45) is 9.82. The Morgan fingerprint density at radius 2 is 0.900 bits per heavy atom. The van der Waals surface area contributed by atoms with Gasteiger partial charge in [-0.2, -0.15) is 0 Å².